The Bertz CT molecular complexity index is 860. The number of hydrogen-bond donors (Lipinski definition) is 1. The average Bonchev–Trinajstić information content (AvgIpc) is 3.02. The molecule has 7 heteroatoms. The number of carbonyl (C=O) groups is 2. The van der Waals surface area contributed by atoms with Crippen molar-refractivity contribution in [3.8, 4) is 0 Å². The molecule has 1 fully saturated rings. The monoisotopic (exact) mass is 390 g/mol. The second kappa shape index (κ2) is 8.52. The third-order valence-corrected chi connectivity index (χ3v) is 5.49. The van der Waals surface area contributed by atoms with E-state index in [9.17, 15) is 18.4 Å². The average molecular weight is 390 g/mol. The van der Waals surface area contributed by atoms with Crippen molar-refractivity contribution < 1.29 is 18.4 Å². The molecule has 3 rings (SSSR count). The van der Waals surface area contributed by atoms with Crippen molar-refractivity contribution >= 4 is 35.0 Å². The van der Waals surface area contributed by atoms with Crippen LogP contribution in [0.15, 0.2) is 42.5 Å². The SMILES string of the molecule is CCCCC(=O)Nc1ccccc1C1SCC(=O)N1c1ccc(F)cc1F. The molecule has 2 aromatic rings. The van der Waals surface area contributed by atoms with Gasteiger partial charge in [-0.1, -0.05) is 31.5 Å². The number of halogens is 2. The number of hydrogen-bond acceptors (Lipinski definition) is 3. The van der Waals surface area contributed by atoms with E-state index in [1.165, 1.54) is 22.7 Å². The zero-order valence-corrected chi connectivity index (χ0v) is 15.7. The number of nitrogens with one attached hydrogen (secondary N) is 1. The number of benzene rings is 2. The van der Waals surface area contributed by atoms with Gasteiger partial charge in [-0.15, -0.1) is 11.8 Å². The summed E-state index contributed by atoms with van der Waals surface area (Å²) in [5, 5.41) is 2.39. The van der Waals surface area contributed by atoms with Gasteiger partial charge in [-0.2, -0.15) is 0 Å². The van der Waals surface area contributed by atoms with Gasteiger partial charge in [0, 0.05) is 23.7 Å². The Hall–Kier alpha value is -2.41. The molecule has 2 amide bonds. The van der Waals surface area contributed by atoms with Crippen molar-refractivity contribution in [2.45, 2.75) is 31.6 Å². The molecule has 1 saturated heterocycles. The lowest BCUT2D eigenvalue weighted by Gasteiger charge is -2.26. The summed E-state index contributed by atoms with van der Waals surface area (Å²) >= 11 is 1.34. The fourth-order valence-electron chi connectivity index (χ4n) is 2.97. The van der Waals surface area contributed by atoms with Crippen LogP contribution in [0.3, 0.4) is 0 Å². The molecule has 2 aromatic carbocycles. The summed E-state index contributed by atoms with van der Waals surface area (Å²) in [4.78, 5) is 25.9. The lowest BCUT2D eigenvalue weighted by Crippen LogP contribution is -2.29. The zero-order chi connectivity index (χ0) is 19.4. The predicted molar refractivity (Wildman–Crippen MR) is 104 cm³/mol. The van der Waals surface area contributed by atoms with Crippen molar-refractivity contribution in [1.82, 2.24) is 0 Å². The Morgan fingerprint density at radius 2 is 2.04 bits per heavy atom. The van der Waals surface area contributed by atoms with Gasteiger partial charge < -0.3 is 5.32 Å². The molecule has 142 valence electrons. The van der Waals surface area contributed by atoms with Crippen LogP contribution in [0, 0.1) is 11.6 Å². The van der Waals surface area contributed by atoms with Gasteiger partial charge in [-0.3, -0.25) is 14.5 Å². The van der Waals surface area contributed by atoms with Crippen LogP contribution >= 0.6 is 11.8 Å². The van der Waals surface area contributed by atoms with E-state index < -0.39 is 17.0 Å². The topological polar surface area (TPSA) is 49.4 Å². The number of nitrogens with zero attached hydrogens (tertiary/aromatic N) is 1. The van der Waals surface area contributed by atoms with E-state index in [1.54, 1.807) is 24.3 Å². The lowest BCUT2D eigenvalue weighted by molar-refractivity contribution is -0.116. The van der Waals surface area contributed by atoms with Crippen molar-refractivity contribution in [2.75, 3.05) is 16.0 Å². The maximum atomic E-state index is 14.3. The first-order valence-electron chi connectivity index (χ1n) is 8.78. The minimum Gasteiger partial charge on any atom is -0.326 e. The van der Waals surface area contributed by atoms with Gasteiger partial charge in [-0.25, -0.2) is 8.78 Å². The second-order valence-electron chi connectivity index (χ2n) is 6.26. The number of amides is 2. The lowest BCUT2D eigenvalue weighted by atomic mass is 10.1. The van der Waals surface area contributed by atoms with Gasteiger partial charge in [0.15, 0.2) is 0 Å². The Morgan fingerprint density at radius 1 is 1.26 bits per heavy atom. The highest BCUT2D eigenvalue weighted by atomic mass is 32.2. The number of unbranched alkanes of at least 4 members (excludes halogenated alkanes) is 1. The van der Waals surface area contributed by atoms with Crippen LogP contribution in [0.5, 0.6) is 0 Å². The minimum absolute atomic E-state index is 0.0310. The molecule has 0 aromatic heterocycles. The van der Waals surface area contributed by atoms with Gasteiger partial charge in [0.2, 0.25) is 11.8 Å². The van der Waals surface area contributed by atoms with Gasteiger partial charge >= 0.3 is 0 Å². The number of para-hydroxylation sites is 1. The first kappa shape index (κ1) is 19.4. The largest absolute Gasteiger partial charge is 0.326 e. The molecule has 1 atom stereocenters. The molecule has 0 spiro atoms. The van der Waals surface area contributed by atoms with E-state index in [4.69, 9.17) is 0 Å². The van der Waals surface area contributed by atoms with Crippen molar-refractivity contribution in [1.29, 1.82) is 0 Å². The maximum Gasteiger partial charge on any atom is 0.238 e. The molecule has 0 radical (unpaired) electrons. The Morgan fingerprint density at radius 3 is 2.78 bits per heavy atom. The summed E-state index contributed by atoms with van der Waals surface area (Å²) in [6, 6.07) is 10.3. The van der Waals surface area contributed by atoms with Crippen LogP contribution in [-0.2, 0) is 9.59 Å². The molecule has 0 aliphatic carbocycles. The molecule has 0 saturated carbocycles. The Balaban J connectivity index is 1.93. The molecule has 1 aliphatic rings. The molecule has 1 unspecified atom stereocenters. The summed E-state index contributed by atoms with van der Waals surface area (Å²) in [5.74, 6) is -1.67. The van der Waals surface area contributed by atoms with Crippen molar-refractivity contribution in [2.24, 2.45) is 0 Å². The summed E-state index contributed by atoms with van der Waals surface area (Å²) in [6.45, 7) is 2.01. The van der Waals surface area contributed by atoms with Crippen LogP contribution in [-0.4, -0.2) is 17.6 Å². The molecule has 1 N–H and O–H groups in total. The fraction of sp³-hybridized carbons (Fsp3) is 0.300. The Kier molecular flexibility index (Phi) is 6.11. The highest BCUT2D eigenvalue weighted by Gasteiger charge is 2.36. The molecule has 1 heterocycles. The number of thioether (sulfide) groups is 1. The molecule has 4 nitrogen and oxygen atoms in total. The molecule has 1 aliphatic heterocycles. The quantitative estimate of drug-likeness (QED) is 0.765. The van der Waals surface area contributed by atoms with Gasteiger partial charge in [0.1, 0.15) is 17.0 Å². The van der Waals surface area contributed by atoms with Gasteiger partial charge in [0.25, 0.3) is 0 Å². The number of anilines is 2. The Labute approximate surface area is 160 Å². The van der Waals surface area contributed by atoms with Crippen LogP contribution in [0.2, 0.25) is 0 Å². The molecular formula is C20H20F2N2O2S. The van der Waals surface area contributed by atoms with Gasteiger partial charge in [0.05, 0.1) is 11.4 Å². The molecular weight excluding hydrogens is 370 g/mol. The first-order valence-corrected chi connectivity index (χ1v) is 9.83. The van der Waals surface area contributed by atoms with Crippen LogP contribution in [0.25, 0.3) is 0 Å². The normalized spacial score (nSPS) is 16.6. The third kappa shape index (κ3) is 4.30. The van der Waals surface area contributed by atoms with Crippen LogP contribution in [0.1, 0.15) is 37.1 Å². The van der Waals surface area contributed by atoms with E-state index in [0.717, 1.165) is 25.0 Å². The highest BCUT2D eigenvalue weighted by Crippen LogP contribution is 2.44. The minimum atomic E-state index is -0.791. The number of rotatable bonds is 6. The standard InChI is InChI=1S/C20H20F2N2O2S/c1-2-3-8-18(25)23-16-7-5-4-6-14(16)20-24(19(26)12-27-20)17-10-9-13(21)11-15(17)22/h4-7,9-11,20H,2-3,8,12H2,1H3,(H,23,25). The van der Waals surface area contributed by atoms with Crippen molar-refractivity contribution in [3.63, 3.8) is 0 Å². The molecule has 0 bridgehead atoms. The van der Waals surface area contributed by atoms with Crippen LogP contribution in [0.4, 0.5) is 20.2 Å². The highest BCUT2D eigenvalue weighted by molar-refractivity contribution is 8.00. The summed E-state index contributed by atoms with van der Waals surface area (Å²) < 4.78 is 27.6. The van der Waals surface area contributed by atoms with Gasteiger partial charge in [-0.05, 0) is 24.6 Å². The second-order valence-corrected chi connectivity index (χ2v) is 7.33. The summed E-state index contributed by atoms with van der Waals surface area (Å²) in [5.41, 5.74) is 1.34. The first-order chi connectivity index (χ1) is 13.0. The smallest absolute Gasteiger partial charge is 0.238 e. The molecule has 27 heavy (non-hydrogen) atoms. The fourth-order valence-corrected chi connectivity index (χ4v) is 4.17. The maximum absolute atomic E-state index is 14.3. The van der Waals surface area contributed by atoms with Crippen LogP contribution < -0.4 is 10.2 Å². The van der Waals surface area contributed by atoms with E-state index in [1.807, 2.05) is 6.92 Å². The number of carbonyl (C=O) groups excluding carboxylic acids is 2. The predicted octanol–water partition coefficient (Wildman–Crippen LogP) is 4.87. The van der Waals surface area contributed by atoms with E-state index >= 15 is 0 Å². The third-order valence-electron chi connectivity index (χ3n) is 4.30. The summed E-state index contributed by atoms with van der Waals surface area (Å²) in [6.07, 6.45) is 2.12. The zero-order valence-electron chi connectivity index (χ0n) is 14.9. The van der Waals surface area contributed by atoms with E-state index in [0.29, 0.717) is 17.7 Å². The van der Waals surface area contributed by atoms with E-state index in [-0.39, 0.29) is 23.3 Å². The summed E-state index contributed by atoms with van der Waals surface area (Å²) in [7, 11) is 0. The van der Waals surface area contributed by atoms with Crippen molar-refractivity contribution in [3.05, 3.63) is 59.7 Å². The van der Waals surface area contributed by atoms with E-state index in [2.05, 4.69) is 5.32 Å².